The molecule has 0 fully saturated rings. The molecule has 0 saturated heterocycles. The highest BCUT2D eigenvalue weighted by Gasteiger charge is 2.41. The Morgan fingerprint density at radius 3 is 2.31 bits per heavy atom. The van der Waals surface area contributed by atoms with Gasteiger partial charge in [-0.15, -0.1) is 0 Å². The molecule has 1 aliphatic heterocycles. The van der Waals surface area contributed by atoms with Crippen LogP contribution in [0.4, 0.5) is 0 Å². The molecule has 1 heterocycles. The van der Waals surface area contributed by atoms with Crippen LogP contribution in [0.2, 0.25) is 0 Å². The maximum Gasteiger partial charge on any atom is 0.343 e. The molecular weight excluding hydrogens is 176 g/mol. The van der Waals surface area contributed by atoms with E-state index in [-0.39, 0.29) is 5.57 Å². The van der Waals surface area contributed by atoms with Crippen molar-refractivity contribution in [1.82, 2.24) is 0 Å². The molecule has 0 atom stereocenters. The molecule has 0 aromatic carbocycles. The number of ether oxygens (including phenoxy) is 1. The van der Waals surface area contributed by atoms with E-state index in [1.165, 1.54) is 13.8 Å². The third-order valence-corrected chi connectivity index (χ3v) is 1.88. The van der Waals surface area contributed by atoms with Gasteiger partial charge in [0.25, 0.3) is 0 Å². The molecule has 1 aliphatic rings. The number of carbonyl (C=O) groups is 3. The quantitative estimate of drug-likeness (QED) is 0.486. The van der Waals surface area contributed by atoms with Crippen LogP contribution in [0.1, 0.15) is 13.8 Å². The summed E-state index contributed by atoms with van der Waals surface area (Å²) in [6.45, 7) is 2.67. The number of aliphatic carboxylic acids is 1. The summed E-state index contributed by atoms with van der Waals surface area (Å²) in [6, 6.07) is 0. The Labute approximate surface area is 74.0 Å². The predicted molar refractivity (Wildman–Crippen MR) is 40.6 cm³/mol. The molecule has 0 spiro atoms. The highest BCUT2D eigenvalue weighted by molar-refractivity contribution is 6.12. The zero-order chi connectivity index (χ0) is 10.2. The zero-order valence-electron chi connectivity index (χ0n) is 7.16. The number of rotatable bonds is 2. The highest BCUT2D eigenvalue weighted by Crippen LogP contribution is 2.30. The molecule has 0 unspecified atom stereocenters. The molecule has 1 N–H and O–H groups in total. The molecule has 5 nitrogen and oxygen atoms in total. The standard InChI is InChI=1S/C8H8O5/c1-8(2,7(11)12)4-3-5(9)13-6(4)10/h3H,1-2H3,(H,11,12). The Morgan fingerprint density at radius 1 is 1.46 bits per heavy atom. The number of esters is 2. The summed E-state index contributed by atoms with van der Waals surface area (Å²) in [6.07, 6.45) is 0.913. The lowest BCUT2D eigenvalue weighted by molar-refractivity contribution is -0.154. The molecule has 70 valence electrons. The highest BCUT2D eigenvalue weighted by atomic mass is 16.6. The van der Waals surface area contributed by atoms with Crippen molar-refractivity contribution in [1.29, 1.82) is 0 Å². The number of hydrogen-bond acceptors (Lipinski definition) is 4. The molecule has 0 aliphatic carbocycles. The first-order valence-electron chi connectivity index (χ1n) is 3.57. The molecular formula is C8H8O5. The summed E-state index contributed by atoms with van der Waals surface area (Å²) < 4.78 is 4.18. The Balaban J connectivity index is 3.08. The van der Waals surface area contributed by atoms with Crippen LogP contribution >= 0.6 is 0 Å². The molecule has 13 heavy (non-hydrogen) atoms. The van der Waals surface area contributed by atoms with Gasteiger partial charge in [0.15, 0.2) is 0 Å². The number of carbonyl (C=O) groups excluding carboxylic acids is 2. The Bertz CT molecular complexity index is 323. The van der Waals surface area contributed by atoms with Crippen molar-refractivity contribution in [3.63, 3.8) is 0 Å². The molecule has 0 saturated carbocycles. The first-order valence-corrected chi connectivity index (χ1v) is 3.57. The Kier molecular flexibility index (Phi) is 1.95. The summed E-state index contributed by atoms with van der Waals surface area (Å²) in [5, 5.41) is 8.75. The lowest BCUT2D eigenvalue weighted by Crippen LogP contribution is -2.28. The van der Waals surface area contributed by atoms with Crippen LogP contribution in [0.3, 0.4) is 0 Å². The van der Waals surface area contributed by atoms with Gasteiger partial charge in [0.05, 0.1) is 11.0 Å². The van der Waals surface area contributed by atoms with Gasteiger partial charge < -0.3 is 9.84 Å². The van der Waals surface area contributed by atoms with Crippen molar-refractivity contribution in [2.45, 2.75) is 13.8 Å². The van der Waals surface area contributed by atoms with Gasteiger partial charge in [-0.3, -0.25) is 4.79 Å². The average Bonchev–Trinajstić information content (AvgIpc) is 2.30. The summed E-state index contributed by atoms with van der Waals surface area (Å²) in [4.78, 5) is 32.3. The van der Waals surface area contributed by atoms with Gasteiger partial charge in [-0.1, -0.05) is 0 Å². The molecule has 0 amide bonds. The van der Waals surface area contributed by atoms with E-state index in [0.29, 0.717) is 0 Å². The van der Waals surface area contributed by atoms with Gasteiger partial charge in [0.2, 0.25) is 0 Å². The van der Waals surface area contributed by atoms with Crippen LogP contribution in [0.5, 0.6) is 0 Å². The number of carboxylic acids is 1. The van der Waals surface area contributed by atoms with Crippen LogP contribution in [0.15, 0.2) is 11.6 Å². The first kappa shape index (κ1) is 9.44. The van der Waals surface area contributed by atoms with Crippen LogP contribution in [-0.4, -0.2) is 23.0 Å². The minimum atomic E-state index is -1.39. The van der Waals surface area contributed by atoms with E-state index >= 15 is 0 Å². The molecule has 0 bridgehead atoms. The molecule has 0 aromatic heterocycles. The third kappa shape index (κ3) is 1.44. The average molecular weight is 184 g/mol. The first-order chi connectivity index (χ1) is 5.85. The van der Waals surface area contributed by atoms with Gasteiger partial charge in [-0.25, -0.2) is 9.59 Å². The van der Waals surface area contributed by atoms with Crippen LogP contribution in [-0.2, 0) is 19.1 Å². The maximum absolute atomic E-state index is 11.0. The monoisotopic (exact) mass is 184 g/mol. The van der Waals surface area contributed by atoms with Crippen molar-refractivity contribution in [2.75, 3.05) is 0 Å². The zero-order valence-corrected chi connectivity index (χ0v) is 7.16. The van der Waals surface area contributed by atoms with Crippen molar-refractivity contribution >= 4 is 17.9 Å². The molecule has 5 heteroatoms. The predicted octanol–water partition coefficient (Wildman–Crippen LogP) is 0.107. The van der Waals surface area contributed by atoms with E-state index in [9.17, 15) is 14.4 Å². The van der Waals surface area contributed by atoms with E-state index in [4.69, 9.17) is 5.11 Å². The number of hydrogen-bond donors (Lipinski definition) is 1. The van der Waals surface area contributed by atoms with Gasteiger partial charge in [0.1, 0.15) is 0 Å². The van der Waals surface area contributed by atoms with E-state index < -0.39 is 23.3 Å². The second-order valence-electron chi connectivity index (χ2n) is 3.20. The normalized spacial score (nSPS) is 16.9. The van der Waals surface area contributed by atoms with Gasteiger partial charge >= 0.3 is 17.9 Å². The van der Waals surface area contributed by atoms with E-state index in [1.807, 2.05) is 0 Å². The van der Waals surface area contributed by atoms with Gasteiger partial charge in [-0.2, -0.15) is 0 Å². The van der Waals surface area contributed by atoms with Crippen molar-refractivity contribution in [3.8, 4) is 0 Å². The van der Waals surface area contributed by atoms with Crippen LogP contribution in [0, 0.1) is 5.41 Å². The number of cyclic esters (lactones) is 2. The minimum Gasteiger partial charge on any atom is -0.481 e. The van der Waals surface area contributed by atoms with Crippen molar-refractivity contribution < 1.29 is 24.2 Å². The third-order valence-electron chi connectivity index (χ3n) is 1.88. The van der Waals surface area contributed by atoms with Crippen molar-refractivity contribution in [2.24, 2.45) is 5.41 Å². The second-order valence-corrected chi connectivity index (χ2v) is 3.20. The second kappa shape index (κ2) is 2.69. The van der Waals surface area contributed by atoms with Gasteiger partial charge in [0, 0.05) is 6.08 Å². The number of carboxylic acid groups (broad SMARTS) is 1. The van der Waals surface area contributed by atoms with E-state index in [2.05, 4.69) is 4.74 Å². The minimum absolute atomic E-state index is 0.120. The molecule has 0 aromatic rings. The summed E-state index contributed by atoms with van der Waals surface area (Å²) >= 11 is 0. The fraction of sp³-hybridized carbons (Fsp3) is 0.375. The lowest BCUT2D eigenvalue weighted by Gasteiger charge is -2.17. The Hall–Kier alpha value is -1.65. The smallest absolute Gasteiger partial charge is 0.343 e. The fourth-order valence-corrected chi connectivity index (χ4v) is 0.903. The SMILES string of the molecule is CC(C)(C(=O)O)C1=CC(=O)OC1=O. The van der Waals surface area contributed by atoms with Crippen LogP contribution in [0.25, 0.3) is 0 Å². The van der Waals surface area contributed by atoms with E-state index in [0.717, 1.165) is 6.08 Å². The molecule has 0 radical (unpaired) electrons. The summed E-state index contributed by atoms with van der Waals surface area (Å²) in [7, 11) is 0. The van der Waals surface area contributed by atoms with Crippen molar-refractivity contribution in [3.05, 3.63) is 11.6 Å². The topological polar surface area (TPSA) is 80.7 Å². The lowest BCUT2D eigenvalue weighted by atomic mass is 9.84. The maximum atomic E-state index is 11.0. The molecule has 1 rings (SSSR count). The largest absolute Gasteiger partial charge is 0.481 e. The van der Waals surface area contributed by atoms with E-state index in [1.54, 1.807) is 0 Å². The summed E-state index contributed by atoms with van der Waals surface area (Å²) in [5.41, 5.74) is -1.51. The van der Waals surface area contributed by atoms with Gasteiger partial charge in [-0.05, 0) is 13.8 Å². The Morgan fingerprint density at radius 2 is 2.00 bits per heavy atom. The summed E-state index contributed by atoms with van der Waals surface area (Å²) in [5.74, 6) is -2.86. The van der Waals surface area contributed by atoms with Crippen LogP contribution < -0.4 is 0 Å². The fourth-order valence-electron chi connectivity index (χ4n) is 0.903.